The van der Waals surface area contributed by atoms with Crippen molar-refractivity contribution in [2.24, 2.45) is 4.99 Å². The second kappa shape index (κ2) is 14.3. The van der Waals surface area contributed by atoms with E-state index < -0.39 is 12.0 Å². The monoisotopic (exact) mass is 677 g/mol. The Bertz CT molecular complexity index is 2200. The molecule has 10 heteroatoms. The Morgan fingerprint density at radius 1 is 1.06 bits per heavy atom. The van der Waals surface area contributed by atoms with Gasteiger partial charge in [0.15, 0.2) is 4.80 Å². The summed E-state index contributed by atoms with van der Waals surface area (Å²) in [5, 5.41) is 9.59. The summed E-state index contributed by atoms with van der Waals surface area (Å²) in [5.41, 5.74) is 4.02. The van der Waals surface area contributed by atoms with E-state index in [1.807, 2.05) is 73.0 Å². The fraction of sp³-hybridized carbons (Fsp3) is 0.135. The van der Waals surface area contributed by atoms with Crippen LogP contribution in [0.3, 0.4) is 0 Å². The van der Waals surface area contributed by atoms with Crippen molar-refractivity contribution in [2.45, 2.75) is 24.5 Å². The summed E-state index contributed by atoms with van der Waals surface area (Å²) in [4.78, 5) is 34.5. The number of thiazole rings is 1. The van der Waals surface area contributed by atoms with Gasteiger partial charge in [-0.3, -0.25) is 9.36 Å². The Morgan fingerprint density at radius 3 is 2.49 bits per heavy atom. The first-order chi connectivity index (χ1) is 22.9. The van der Waals surface area contributed by atoms with E-state index in [1.54, 1.807) is 59.7 Å². The number of ether oxygens (including phenoxy) is 2. The van der Waals surface area contributed by atoms with Gasteiger partial charge in [-0.1, -0.05) is 77.5 Å². The molecule has 0 radical (unpaired) electrons. The lowest BCUT2D eigenvalue weighted by Gasteiger charge is -2.26. The number of carbonyl (C=O) groups excluding carboxylic acids is 1. The van der Waals surface area contributed by atoms with Gasteiger partial charge in [0.1, 0.15) is 12.4 Å². The largest absolute Gasteiger partial charge is 0.488 e. The molecule has 1 aromatic heterocycles. The number of hydrogen-bond donors (Lipinski definition) is 0. The van der Waals surface area contributed by atoms with Crippen molar-refractivity contribution in [1.82, 2.24) is 4.57 Å². The highest BCUT2D eigenvalue weighted by Gasteiger charge is 2.35. The molecule has 0 bridgehead atoms. The summed E-state index contributed by atoms with van der Waals surface area (Å²) in [6.45, 7) is 2.18. The van der Waals surface area contributed by atoms with Crippen LogP contribution in [-0.2, 0) is 16.1 Å². The maximum Gasteiger partial charge on any atom is 0.338 e. The third kappa shape index (κ3) is 6.81. The van der Waals surface area contributed by atoms with Crippen molar-refractivity contribution in [3.05, 3.63) is 155 Å². The second-order valence-corrected chi connectivity index (χ2v) is 12.8. The molecule has 47 heavy (non-hydrogen) atoms. The number of benzene rings is 4. The summed E-state index contributed by atoms with van der Waals surface area (Å²) < 4.78 is 13.7. The van der Waals surface area contributed by atoms with Gasteiger partial charge in [-0.25, -0.2) is 9.79 Å². The van der Waals surface area contributed by atoms with E-state index in [4.69, 9.17) is 31.3 Å². The van der Waals surface area contributed by atoms with Crippen LogP contribution in [0.5, 0.6) is 5.75 Å². The molecule has 1 atom stereocenters. The molecule has 0 fully saturated rings. The maximum atomic E-state index is 14.3. The number of nitriles is 1. The smallest absolute Gasteiger partial charge is 0.338 e. The highest BCUT2D eigenvalue weighted by atomic mass is 35.5. The molecule has 0 amide bonds. The van der Waals surface area contributed by atoms with Crippen LogP contribution in [0.4, 0.5) is 0 Å². The van der Waals surface area contributed by atoms with E-state index in [0.29, 0.717) is 42.5 Å². The van der Waals surface area contributed by atoms with Crippen LogP contribution in [0.15, 0.2) is 117 Å². The van der Waals surface area contributed by atoms with Gasteiger partial charge in [0.2, 0.25) is 0 Å². The van der Waals surface area contributed by atoms with Gasteiger partial charge in [-0.15, -0.1) is 11.8 Å². The molecule has 234 valence electrons. The molecule has 6 rings (SSSR count). The second-order valence-electron chi connectivity index (χ2n) is 10.5. The number of nitrogens with zero attached hydrogens (tertiary/aromatic N) is 3. The number of rotatable bonds is 9. The predicted molar refractivity (Wildman–Crippen MR) is 186 cm³/mol. The van der Waals surface area contributed by atoms with Gasteiger partial charge in [0, 0.05) is 21.0 Å². The zero-order chi connectivity index (χ0) is 32.9. The molecular weight excluding hydrogens is 650 g/mol. The van der Waals surface area contributed by atoms with Gasteiger partial charge in [0.05, 0.1) is 40.1 Å². The molecular formula is C37H28ClN3O4S2. The molecule has 0 N–H and O–H groups in total. The Morgan fingerprint density at radius 2 is 1.81 bits per heavy atom. The maximum absolute atomic E-state index is 14.3. The summed E-state index contributed by atoms with van der Waals surface area (Å²) in [7, 11) is 0. The number of thioether (sulfide) groups is 1. The minimum absolute atomic E-state index is 0.174. The lowest BCUT2D eigenvalue weighted by molar-refractivity contribution is -0.138. The minimum atomic E-state index is -0.773. The van der Waals surface area contributed by atoms with Crippen molar-refractivity contribution in [1.29, 1.82) is 5.26 Å². The number of aromatic nitrogens is 1. The molecule has 4 aromatic carbocycles. The van der Waals surface area contributed by atoms with Crippen molar-refractivity contribution in [2.75, 3.05) is 12.9 Å². The zero-order valence-electron chi connectivity index (χ0n) is 25.5. The Labute approximate surface area is 284 Å². The van der Waals surface area contributed by atoms with Crippen molar-refractivity contribution >= 4 is 52.4 Å². The Kier molecular flexibility index (Phi) is 9.73. The highest BCUT2D eigenvalue weighted by molar-refractivity contribution is 7.98. The van der Waals surface area contributed by atoms with E-state index in [-0.39, 0.29) is 18.8 Å². The predicted octanol–water partition coefficient (Wildman–Crippen LogP) is 6.76. The zero-order valence-corrected chi connectivity index (χ0v) is 27.9. The first-order valence-corrected chi connectivity index (χ1v) is 17.2. The summed E-state index contributed by atoms with van der Waals surface area (Å²) >= 11 is 9.25. The van der Waals surface area contributed by atoms with Crippen LogP contribution in [0.1, 0.15) is 40.8 Å². The van der Waals surface area contributed by atoms with Gasteiger partial charge in [0.25, 0.3) is 5.56 Å². The van der Waals surface area contributed by atoms with E-state index in [0.717, 1.165) is 21.6 Å². The average molecular weight is 678 g/mol. The highest BCUT2D eigenvalue weighted by Crippen LogP contribution is 2.36. The molecule has 0 aliphatic carbocycles. The van der Waals surface area contributed by atoms with E-state index in [1.165, 1.54) is 11.3 Å². The van der Waals surface area contributed by atoms with Gasteiger partial charge in [-0.05, 0) is 72.8 Å². The van der Waals surface area contributed by atoms with Crippen LogP contribution in [0.25, 0.3) is 11.8 Å². The lowest BCUT2D eigenvalue weighted by Crippen LogP contribution is -2.40. The van der Waals surface area contributed by atoms with Crippen molar-refractivity contribution in [3.63, 3.8) is 0 Å². The molecule has 1 aliphatic heterocycles. The van der Waals surface area contributed by atoms with Gasteiger partial charge in [-0.2, -0.15) is 5.26 Å². The molecule has 0 spiro atoms. The number of fused-ring (bicyclic) bond motifs is 1. The Balaban J connectivity index is 1.51. The third-order valence-electron chi connectivity index (χ3n) is 7.54. The molecule has 0 saturated carbocycles. The van der Waals surface area contributed by atoms with Crippen molar-refractivity contribution < 1.29 is 14.3 Å². The first kappa shape index (κ1) is 32.1. The minimum Gasteiger partial charge on any atom is -0.488 e. The molecule has 1 aliphatic rings. The lowest BCUT2D eigenvalue weighted by atomic mass is 9.93. The van der Waals surface area contributed by atoms with Crippen LogP contribution in [-0.4, -0.2) is 23.4 Å². The molecule has 2 heterocycles. The van der Waals surface area contributed by atoms with Gasteiger partial charge >= 0.3 is 5.97 Å². The molecule has 0 saturated heterocycles. The topological polar surface area (TPSA) is 93.7 Å². The number of halogens is 1. The normalized spacial score (nSPS) is 14.3. The quantitative estimate of drug-likeness (QED) is 0.126. The SMILES string of the molecule is CCOC(=O)C1=C(c2ccccc2)N=c2s/c(=C\c3cc(Cl)ccc3OCc3ccc(C#N)cc3)c(=O)n2[C@H]1c1ccc(SC)cc1. The Hall–Kier alpha value is -4.88. The summed E-state index contributed by atoms with van der Waals surface area (Å²) in [5.74, 6) is 0.00245. The molecule has 5 aromatic rings. The van der Waals surface area contributed by atoms with Crippen LogP contribution < -0.4 is 19.6 Å². The fourth-order valence-corrected chi connectivity index (χ4v) is 6.86. The van der Waals surface area contributed by atoms with Crippen LogP contribution in [0, 0.1) is 11.3 Å². The van der Waals surface area contributed by atoms with Crippen LogP contribution >= 0.6 is 34.7 Å². The standard InChI is InChI=1S/C37H28ClN3O4S2/c1-3-44-36(43)32-33(25-7-5-4-6-8-25)40-37-41(34(32)26-13-16-29(46-2)17-14-26)35(42)31(47-37)20-27-19-28(38)15-18-30(27)45-22-24-11-9-23(21-39)10-12-24/h4-20,34H,3,22H2,1-2H3/b31-20-/t34-/m0/s1. The molecule has 7 nitrogen and oxygen atoms in total. The average Bonchev–Trinajstić information content (AvgIpc) is 3.41. The van der Waals surface area contributed by atoms with Gasteiger partial charge < -0.3 is 9.47 Å². The fourth-order valence-electron chi connectivity index (χ4n) is 5.28. The van der Waals surface area contributed by atoms with Crippen LogP contribution in [0.2, 0.25) is 5.02 Å². The first-order valence-electron chi connectivity index (χ1n) is 14.7. The van der Waals surface area contributed by atoms with Crippen molar-refractivity contribution in [3.8, 4) is 11.8 Å². The summed E-state index contributed by atoms with van der Waals surface area (Å²) in [6.07, 6.45) is 3.74. The van der Waals surface area contributed by atoms with E-state index in [9.17, 15) is 9.59 Å². The number of carbonyl (C=O) groups is 1. The number of esters is 1. The van der Waals surface area contributed by atoms with E-state index in [2.05, 4.69) is 6.07 Å². The third-order valence-corrected chi connectivity index (χ3v) is 9.50. The summed E-state index contributed by atoms with van der Waals surface area (Å²) in [6, 6.07) is 31.0. The number of hydrogen-bond acceptors (Lipinski definition) is 8. The van der Waals surface area contributed by atoms with E-state index >= 15 is 0 Å². The molecule has 0 unspecified atom stereocenters.